The molecule has 2 aromatic rings. The van der Waals surface area contributed by atoms with E-state index >= 15 is 0 Å². The number of hydrogen-bond donors (Lipinski definition) is 1. The lowest BCUT2D eigenvalue weighted by Gasteiger charge is -2.20. The maximum absolute atomic E-state index is 6.43. The Hall–Kier alpha value is -1.00. The van der Waals surface area contributed by atoms with E-state index in [0.717, 1.165) is 27.4 Å². The van der Waals surface area contributed by atoms with Gasteiger partial charge in [-0.15, -0.1) is 0 Å². The summed E-state index contributed by atoms with van der Waals surface area (Å²) in [5.41, 5.74) is 8.16. The Morgan fingerprint density at radius 3 is 2.57 bits per heavy atom. The molecule has 1 aliphatic carbocycles. The van der Waals surface area contributed by atoms with Gasteiger partial charge in [-0.3, -0.25) is 0 Å². The van der Waals surface area contributed by atoms with Crippen LogP contribution < -0.4 is 5.73 Å². The van der Waals surface area contributed by atoms with Gasteiger partial charge in [-0.25, -0.2) is 4.98 Å². The fraction of sp³-hybridized carbons (Fsp3) is 0.438. The number of benzene rings is 1. The number of halogens is 2. The van der Waals surface area contributed by atoms with Gasteiger partial charge in [0.1, 0.15) is 17.3 Å². The van der Waals surface area contributed by atoms with E-state index in [2.05, 4.69) is 41.3 Å². The Morgan fingerprint density at radius 2 is 2.00 bits per heavy atom. The van der Waals surface area contributed by atoms with Crippen LogP contribution in [-0.2, 0) is 5.41 Å². The van der Waals surface area contributed by atoms with Crippen LogP contribution >= 0.6 is 27.5 Å². The molecule has 1 aliphatic rings. The van der Waals surface area contributed by atoms with Crippen LogP contribution in [0.5, 0.6) is 0 Å². The van der Waals surface area contributed by atoms with Crippen molar-refractivity contribution in [3.05, 3.63) is 33.5 Å². The van der Waals surface area contributed by atoms with Gasteiger partial charge in [0, 0.05) is 26.5 Å². The number of rotatable bonds is 2. The lowest BCUT2D eigenvalue weighted by Crippen LogP contribution is -2.19. The van der Waals surface area contributed by atoms with Crippen molar-refractivity contribution in [2.24, 2.45) is 0 Å². The fourth-order valence-corrected chi connectivity index (χ4v) is 3.16. The summed E-state index contributed by atoms with van der Waals surface area (Å²) >= 11 is 9.71. The van der Waals surface area contributed by atoms with Gasteiger partial charge in [-0.05, 0) is 31.0 Å². The molecule has 0 aliphatic heterocycles. The highest BCUT2D eigenvalue weighted by Crippen LogP contribution is 2.44. The first kappa shape index (κ1) is 14.9. The number of nitrogens with two attached hydrogens (primary N) is 1. The van der Waals surface area contributed by atoms with Crippen LogP contribution in [0.1, 0.15) is 45.5 Å². The molecule has 5 heteroatoms. The third-order valence-electron chi connectivity index (χ3n) is 3.71. The van der Waals surface area contributed by atoms with Gasteiger partial charge < -0.3 is 10.3 Å². The van der Waals surface area contributed by atoms with Crippen LogP contribution in [0.4, 0.5) is 5.82 Å². The summed E-state index contributed by atoms with van der Waals surface area (Å²) in [6.45, 7) is 6.51. The van der Waals surface area contributed by atoms with Crippen LogP contribution in [0.3, 0.4) is 0 Å². The Balaban J connectivity index is 2.22. The Kier molecular flexibility index (Phi) is 3.57. The van der Waals surface area contributed by atoms with Crippen molar-refractivity contribution in [2.45, 2.75) is 45.1 Å². The molecule has 0 atom stereocenters. The molecule has 1 aromatic carbocycles. The van der Waals surface area contributed by atoms with Gasteiger partial charge in [0.25, 0.3) is 0 Å². The summed E-state index contributed by atoms with van der Waals surface area (Å²) in [4.78, 5) is 4.86. The first-order chi connectivity index (χ1) is 9.79. The number of nitrogen functional groups attached to an aromatic ring is 1. The van der Waals surface area contributed by atoms with Gasteiger partial charge in [0.2, 0.25) is 0 Å². The van der Waals surface area contributed by atoms with Gasteiger partial charge in [0.05, 0.1) is 0 Å². The van der Waals surface area contributed by atoms with Gasteiger partial charge in [-0.1, -0.05) is 48.3 Å². The summed E-state index contributed by atoms with van der Waals surface area (Å²) in [6.07, 6.45) is 2.36. The highest BCUT2D eigenvalue weighted by atomic mass is 79.9. The zero-order valence-corrected chi connectivity index (χ0v) is 14.8. The molecule has 1 aromatic heterocycles. The van der Waals surface area contributed by atoms with Gasteiger partial charge in [0.15, 0.2) is 0 Å². The summed E-state index contributed by atoms with van der Waals surface area (Å²) in [5, 5.41) is 0.686. The smallest absolute Gasteiger partial charge is 0.132 e. The van der Waals surface area contributed by atoms with Crippen molar-refractivity contribution in [2.75, 3.05) is 5.73 Å². The number of imidazole rings is 1. The standard InChI is InChI=1S/C16H19BrClN3/c1-16(2,3)15-20-13(14(19)21(15)10-5-6-10)11-8-9(18)4-7-12(11)17/h4,7-8,10H,5-6,19H2,1-3H3. The fourth-order valence-electron chi connectivity index (χ4n) is 2.55. The monoisotopic (exact) mass is 367 g/mol. The lowest BCUT2D eigenvalue weighted by atomic mass is 9.95. The zero-order chi connectivity index (χ0) is 15.4. The van der Waals surface area contributed by atoms with Crippen molar-refractivity contribution >= 4 is 33.3 Å². The number of nitrogens with zero attached hydrogens (tertiary/aromatic N) is 2. The normalized spacial score (nSPS) is 15.5. The Morgan fingerprint density at radius 1 is 1.33 bits per heavy atom. The van der Waals surface area contributed by atoms with Crippen molar-refractivity contribution in [3.63, 3.8) is 0 Å². The number of anilines is 1. The maximum Gasteiger partial charge on any atom is 0.132 e. The minimum Gasteiger partial charge on any atom is -0.383 e. The minimum absolute atomic E-state index is 0.0417. The summed E-state index contributed by atoms with van der Waals surface area (Å²) in [7, 11) is 0. The van der Waals surface area contributed by atoms with Crippen molar-refractivity contribution in [1.29, 1.82) is 0 Å². The molecule has 0 amide bonds. The molecular formula is C16H19BrClN3. The van der Waals surface area contributed by atoms with Crippen LogP contribution in [0.2, 0.25) is 5.02 Å². The largest absolute Gasteiger partial charge is 0.383 e. The van der Waals surface area contributed by atoms with Crippen LogP contribution in [0.15, 0.2) is 22.7 Å². The van der Waals surface area contributed by atoms with Gasteiger partial charge >= 0.3 is 0 Å². The SMILES string of the molecule is CC(C)(C)c1nc(-c2cc(Cl)ccc2Br)c(N)n1C1CC1. The number of aromatic nitrogens is 2. The highest BCUT2D eigenvalue weighted by molar-refractivity contribution is 9.10. The molecular weight excluding hydrogens is 350 g/mol. The second kappa shape index (κ2) is 5.03. The van der Waals surface area contributed by atoms with E-state index in [0.29, 0.717) is 11.1 Å². The van der Waals surface area contributed by atoms with Crippen LogP contribution in [0, 0.1) is 0 Å². The van der Waals surface area contributed by atoms with E-state index in [9.17, 15) is 0 Å². The van der Waals surface area contributed by atoms with Crippen molar-refractivity contribution < 1.29 is 0 Å². The number of hydrogen-bond acceptors (Lipinski definition) is 2. The van der Waals surface area contributed by atoms with Gasteiger partial charge in [-0.2, -0.15) is 0 Å². The van der Waals surface area contributed by atoms with E-state index in [1.807, 2.05) is 18.2 Å². The third kappa shape index (κ3) is 2.71. The molecule has 0 bridgehead atoms. The highest BCUT2D eigenvalue weighted by Gasteiger charge is 2.34. The molecule has 0 unspecified atom stereocenters. The second-order valence-electron chi connectivity index (χ2n) is 6.64. The average molecular weight is 369 g/mol. The molecule has 0 spiro atoms. The molecule has 2 N–H and O–H groups in total. The average Bonchev–Trinajstić information content (AvgIpc) is 3.15. The Bertz CT molecular complexity index is 696. The maximum atomic E-state index is 6.43. The summed E-state index contributed by atoms with van der Waals surface area (Å²) in [5.74, 6) is 1.79. The van der Waals surface area contributed by atoms with Crippen molar-refractivity contribution in [3.8, 4) is 11.3 Å². The van der Waals surface area contributed by atoms with Crippen LogP contribution in [0.25, 0.3) is 11.3 Å². The summed E-state index contributed by atoms with van der Waals surface area (Å²) < 4.78 is 3.17. The molecule has 1 heterocycles. The van der Waals surface area contributed by atoms with E-state index in [4.69, 9.17) is 22.3 Å². The molecule has 3 rings (SSSR count). The molecule has 112 valence electrons. The van der Waals surface area contributed by atoms with Crippen molar-refractivity contribution in [1.82, 2.24) is 9.55 Å². The first-order valence-corrected chi connectivity index (χ1v) is 8.29. The topological polar surface area (TPSA) is 43.8 Å². The Labute approximate surface area is 138 Å². The van der Waals surface area contributed by atoms with E-state index in [1.54, 1.807) is 0 Å². The van der Waals surface area contributed by atoms with E-state index in [-0.39, 0.29) is 5.41 Å². The molecule has 3 nitrogen and oxygen atoms in total. The van der Waals surface area contributed by atoms with E-state index in [1.165, 1.54) is 12.8 Å². The lowest BCUT2D eigenvalue weighted by molar-refractivity contribution is 0.504. The quantitative estimate of drug-likeness (QED) is 0.793. The molecule has 0 radical (unpaired) electrons. The predicted octanol–water partition coefficient (Wildman–Crippen LogP) is 5.18. The second-order valence-corrected chi connectivity index (χ2v) is 7.94. The molecule has 1 saturated carbocycles. The predicted molar refractivity (Wildman–Crippen MR) is 91.8 cm³/mol. The third-order valence-corrected chi connectivity index (χ3v) is 4.64. The van der Waals surface area contributed by atoms with E-state index < -0.39 is 0 Å². The first-order valence-electron chi connectivity index (χ1n) is 7.12. The molecule has 21 heavy (non-hydrogen) atoms. The zero-order valence-electron chi connectivity index (χ0n) is 12.5. The van der Waals surface area contributed by atoms with Crippen LogP contribution in [-0.4, -0.2) is 9.55 Å². The molecule has 1 fully saturated rings. The minimum atomic E-state index is -0.0417. The molecule has 0 saturated heterocycles. The summed E-state index contributed by atoms with van der Waals surface area (Å²) in [6, 6.07) is 6.20.